The fraction of sp³-hybridized carbons (Fsp3) is 0.130. The van der Waals surface area contributed by atoms with Crippen molar-refractivity contribution in [3.63, 3.8) is 0 Å². The van der Waals surface area contributed by atoms with E-state index >= 15 is 0 Å². The van der Waals surface area contributed by atoms with Crippen LogP contribution in [0.5, 0.6) is 0 Å². The molecule has 1 aliphatic rings. The monoisotopic (exact) mass is 452 g/mol. The molecule has 2 atom stereocenters. The maximum Gasteiger partial charge on any atom is 0.238 e. The van der Waals surface area contributed by atoms with E-state index in [4.69, 9.17) is 22.0 Å². The predicted octanol–water partition coefficient (Wildman–Crippen LogP) is 2.33. The number of hydrogen-bond acceptors (Lipinski definition) is 4. The number of halogens is 1. The van der Waals surface area contributed by atoms with Crippen LogP contribution in [0.2, 0.25) is 0 Å². The van der Waals surface area contributed by atoms with Gasteiger partial charge in [0.2, 0.25) is 15.9 Å². The third-order valence-electron chi connectivity index (χ3n) is 5.96. The Bertz CT molecular complexity index is 1360. The van der Waals surface area contributed by atoms with E-state index in [-0.39, 0.29) is 22.2 Å². The summed E-state index contributed by atoms with van der Waals surface area (Å²) in [5.41, 5.74) is 13.1. The number of rotatable bonds is 6. The first kappa shape index (κ1) is 21.7. The molecule has 0 spiro atoms. The van der Waals surface area contributed by atoms with Crippen molar-refractivity contribution in [2.75, 3.05) is 0 Å². The van der Waals surface area contributed by atoms with Gasteiger partial charge in [-0.25, -0.2) is 17.9 Å². The lowest BCUT2D eigenvalue weighted by atomic mass is 9.88. The second kappa shape index (κ2) is 7.54. The molecule has 3 aromatic carbocycles. The Labute approximate surface area is 184 Å². The van der Waals surface area contributed by atoms with Crippen LogP contribution in [0.1, 0.15) is 29.0 Å². The molecule has 2 unspecified atom stereocenters. The maximum atomic E-state index is 13.8. The topological polar surface area (TPSA) is 153 Å². The smallest absolute Gasteiger partial charge is 0.238 e. The van der Waals surface area contributed by atoms with E-state index in [1.807, 2.05) is 6.07 Å². The van der Waals surface area contributed by atoms with Gasteiger partial charge in [-0.2, -0.15) is 0 Å². The third kappa shape index (κ3) is 3.65. The van der Waals surface area contributed by atoms with Crippen LogP contribution in [0.3, 0.4) is 0 Å². The SMILES string of the molecule is N=C(N)c1cccc(C2CC2(C(N)=O)c2ccc(-c3cc(F)ccc3S(N)(=O)=O)cc2)c1. The van der Waals surface area contributed by atoms with E-state index in [1.165, 1.54) is 0 Å². The summed E-state index contributed by atoms with van der Waals surface area (Å²) < 4.78 is 37.6. The average Bonchev–Trinajstić information content (AvgIpc) is 3.50. The Hall–Kier alpha value is -3.56. The molecule has 164 valence electrons. The molecule has 0 aliphatic heterocycles. The zero-order chi connectivity index (χ0) is 23.3. The van der Waals surface area contributed by atoms with Crippen LogP contribution in [0.25, 0.3) is 11.1 Å². The van der Waals surface area contributed by atoms with E-state index in [0.717, 1.165) is 23.8 Å². The van der Waals surface area contributed by atoms with Crippen LogP contribution in [0.15, 0.2) is 71.6 Å². The highest BCUT2D eigenvalue weighted by atomic mass is 32.2. The lowest BCUT2D eigenvalue weighted by molar-refractivity contribution is -0.120. The number of amidine groups is 1. The molecule has 4 rings (SSSR count). The Morgan fingerprint density at radius 2 is 1.72 bits per heavy atom. The van der Waals surface area contributed by atoms with Crippen molar-refractivity contribution in [3.05, 3.63) is 89.2 Å². The summed E-state index contributed by atoms with van der Waals surface area (Å²) in [7, 11) is -4.06. The average molecular weight is 453 g/mol. The van der Waals surface area contributed by atoms with Gasteiger partial charge in [0, 0.05) is 17.0 Å². The van der Waals surface area contributed by atoms with Crippen LogP contribution in [-0.2, 0) is 20.2 Å². The summed E-state index contributed by atoms with van der Waals surface area (Å²) in [5.74, 6) is -1.33. The van der Waals surface area contributed by atoms with Crippen LogP contribution >= 0.6 is 0 Å². The molecule has 1 fully saturated rings. The largest absolute Gasteiger partial charge is 0.384 e. The normalized spacial score (nSPS) is 20.0. The summed E-state index contributed by atoms with van der Waals surface area (Å²) >= 11 is 0. The molecule has 0 saturated heterocycles. The second-order valence-electron chi connectivity index (χ2n) is 7.89. The Balaban J connectivity index is 1.73. The fourth-order valence-corrected chi connectivity index (χ4v) is 4.99. The molecule has 7 nitrogen and oxygen atoms in total. The number of nitrogens with two attached hydrogens (primary N) is 3. The minimum absolute atomic E-state index is 0.0673. The minimum Gasteiger partial charge on any atom is -0.384 e. The molecule has 1 aliphatic carbocycles. The highest BCUT2D eigenvalue weighted by molar-refractivity contribution is 7.89. The van der Waals surface area contributed by atoms with Gasteiger partial charge in [-0.3, -0.25) is 10.2 Å². The van der Waals surface area contributed by atoms with Crippen LogP contribution in [-0.4, -0.2) is 20.2 Å². The molecule has 0 heterocycles. The standard InChI is InChI=1S/C23H21FN4O3S/c24-17-8-9-20(32(28,30)31)18(11-17)13-4-6-16(7-5-13)23(22(27)29)12-19(23)14-2-1-3-15(10-14)21(25)26/h1-11,19H,12H2,(H3,25,26)(H2,27,29)(H2,28,30,31). The summed E-state index contributed by atoms with van der Waals surface area (Å²) in [6, 6.07) is 17.0. The molecule has 3 aromatic rings. The van der Waals surface area contributed by atoms with E-state index in [9.17, 15) is 17.6 Å². The number of hydrogen-bond donors (Lipinski definition) is 4. The zero-order valence-corrected chi connectivity index (χ0v) is 17.7. The van der Waals surface area contributed by atoms with Crippen molar-refractivity contribution in [1.29, 1.82) is 5.41 Å². The summed E-state index contributed by atoms with van der Waals surface area (Å²) in [4.78, 5) is 12.3. The van der Waals surface area contributed by atoms with Crippen molar-refractivity contribution in [3.8, 4) is 11.1 Å². The minimum atomic E-state index is -4.06. The van der Waals surface area contributed by atoms with Crippen molar-refractivity contribution in [2.45, 2.75) is 22.6 Å². The number of benzene rings is 3. The molecule has 0 bridgehead atoms. The van der Waals surface area contributed by atoms with Gasteiger partial charge in [-0.05, 0) is 47.4 Å². The number of carbonyl (C=O) groups excluding carboxylic acids is 1. The summed E-state index contributed by atoms with van der Waals surface area (Å²) in [5, 5.41) is 12.9. The number of carbonyl (C=O) groups is 1. The van der Waals surface area contributed by atoms with Gasteiger partial charge in [-0.1, -0.05) is 42.5 Å². The third-order valence-corrected chi connectivity index (χ3v) is 6.93. The van der Waals surface area contributed by atoms with Gasteiger partial charge in [-0.15, -0.1) is 0 Å². The van der Waals surface area contributed by atoms with Crippen molar-refractivity contribution in [1.82, 2.24) is 0 Å². The lowest BCUT2D eigenvalue weighted by Crippen LogP contribution is -2.30. The van der Waals surface area contributed by atoms with E-state index in [1.54, 1.807) is 42.5 Å². The van der Waals surface area contributed by atoms with Crippen LogP contribution in [0, 0.1) is 11.2 Å². The highest BCUT2D eigenvalue weighted by Gasteiger charge is 2.60. The summed E-state index contributed by atoms with van der Waals surface area (Å²) in [6.45, 7) is 0. The maximum absolute atomic E-state index is 13.8. The van der Waals surface area contributed by atoms with Gasteiger partial charge in [0.15, 0.2) is 0 Å². The predicted molar refractivity (Wildman–Crippen MR) is 119 cm³/mol. The molecule has 9 heteroatoms. The first-order valence-corrected chi connectivity index (χ1v) is 11.3. The first-order chi connectivity index (χ1) is 15.0. The van der Waals surface area contributed by atoms with Gasteiger partial charge in [0.05, 0.1) is 10.3 Å². The van der Waals surface area contributed by atoms with Crippen molar-refractivity contribution >= 4 is 21.8 Å². The number of primary sulfonamides is 1. The number of sulfonamides is 1. The fourth-order valence-electron chi connectivity index (χ4n) is 4.25. The molecule has 1 amide bonds. The molecule has 1 saturated carbocycles. The van der Waals surface area contributed by atoms with E-state index in [0.29, 0.717) is 23.1 Å². The zero-order valence-electron chi connectivity index (χ0n) is 16.9. The highest BCUT2D eigenvalue weighted by Crippen LogP contribution is 2.60. The number of amides is 1. The Morgan fingerprint density at radius 1 is 1.03 bits per heavy atom. The quantitative estimate of drug-likeness (QED) is 0.335. The summed E-state index contributed by atoms with van der Waals surface area (Å²) in [6.07, 6.45) is 0.492. The molecule has 7 N–H and O–H groups in total. The molecule has 32 heavy (non-hydrogen) atoms. The van der Waals surface area contributed by atoms with Crippen LogP contribution < -0.4 is 16.6 Å². The van der Waals surface area contributed by atoms with Crippen LogP contribution in [0.4, 0.5) is 4.39 Å². The number of nitrogens with one attached hydrogen (secondary N) is 1. The Kier molecular flexibility index (Phi) is 5.10. The first-order valence-electron chi connectivity index (χ1n) is 9.71. The van der Waals surface area contributed by atoms with E-state index < -0.39 is 27.2 Å². The van der Waals surface area contributed by atoms with E-state index in [2.05, 4.69) is 0 Å². The van der Waals surface area contributed by atoms with Crippen molar-refractivity contribution < 1.29 is 17.6 Å². The van der Waals surface area contributed by atoms with Gasteiger partial charge < -0.3 is 11.5 Å². The van der Waals surface area contributed by atoms with Gasteiger partial charge in [0.25, 0.3) is 0 Å². The number of primary amides is 1. The lowest BCUT2D eigenvalue weighted by Gasteiger charge is -2.16. The second-order valence-corrected chi connectivity index (χ2v) is 9.42. The Morgan fingerprint density at radius 3 is 2.31 bits per heavy atom. The molecular weight excluding hydrogens is 431 g/mol. The van der Waals surface area contributed by atoms with Gasteiger partial charge >= 0.3 is 0 Å². The van der Waals surface area contributed by atoms with Crippen molar-refractivity contribution in [2.24, 2.45) is 16.6 Å². The number of nitrogen functional groups attached to an aromatic ring is 1. The molecule has 0 aromatic heterocycles. The molecular formula is C23H21FN4O3S. The molecule has 0 radical (unpaired) electrons. The van der Waals surface area contributed by atoms with Gasteiger partial charge in [0.1, 0.15) is 11.7 Å².